The zero-order valence-corrected chi connectivity index (χ0v) is 12.0. The molecular weight excluding hydrogens is 242 g/mol. The van der Waals surface area contributed by atoms with E-state index in [9.17, 15) is 4.79 Å². The van der Waals surface area contributed by atoms with Crippen molar-refractivity contribution >= 4 is 11.8 Å². The van der Waals surface area contributed by atoms with Gasteiger partial charge in [0, 0.05) is 5.56 Å². The van der Waals surface area contributed by atoms with Gasteiger partial charge in [0.15, 0.2) is 0 Å². The van der Waals surface area contributed by atoms with Crippen LogP contribution in [0.15, 0.2) is 4.42 Å². The molecule has 1 aromatic rings. The van der Waals surface area contributed by atoms with Crippen molar-refractivity contribution < 1.29 is 9.21 Å². The van der Waals surface area contributed by atoms with Crippen molar-refractivity contribution in [2.45, 2.75) is 33.6 Å². The van der Waals surface area contributed by atoms with Crippen LogP contribution in [0.5, 0.6) is 0 Å². The Hall–Kier alpha value is -1.80. The maximum absolute atomic E-state index is 11.9. The molecule has 0 saturated carbocycles. The highest BCUT2D eigenvalue weighted by atomic mass is 16.4. The van der Waals surface area contributed by atoms with Gasteiger partial charge in [-0.3, -0.25) is 15.0 Å². The van der Waals surface area contributed by atoms with E-state index in [1.807, 2.05) is 11.9 Å². The Labute approximate surface area is 114 Å². The topological polar surface area (TPSA) is 69.3 Å². The number of likely N-dealkylation sites (N-methyl/N-ethyl adjacent to an activating group) is 1. The maximum atomic E-state index is 11.9. The Balaban J connectivity index is 2.63. The van der Waals surface area contributed by atoms with Crippen molar-refractivity contribution in [2.24, 2.45) is 0 Å². The van der Waals surface area contributed by atoms with Gasteiger partial charge in [-0.1, -0.05) is 13.3 Å². The van der Waals surface area contributed by atoms with E-state index in [2.05, 4.69) is 18.3 Å². The van der Waals surface area contributed by atoms with Crippen LogP contribution in [0.2, 0.25) is 0 Å². The van der Waals surface area contributed by atoms with Crippen molar-refractivity contribution in [1.82, 2.24) is 4.90 Å². The third-order valence-electron chi connectivity index (χ3n) is 3.06. The molecular formula is C14H21N3O2. The molecule has 5 heteroatoms. The lowest BCUT2D eigenvalue weighted by Crippen LogP contribution is -2.30. The summed E-state index contributed by atoms with van der Waals surface area (Å²) in [6.07, 6.45) is 2.16. The lowest BCUT2D eigenvalue weighted by molar-refractivity contribution is -0.117. The molecule has 0 bridgehead atoms. The van der Waals surface area contributed by atoms with Crippen LogP contribution in [0.25, 0.3) is 0 Å². The quantitative estimate of drug-likeness (QED) is 0.855. The molecule has 0 aromatic carbocycles. The number of nitriles is 1. The highest BCUT2D eigenvalue weighted by Gasteiger charge is 2.17. The predicted octanol–water partition coefficient (Wildman–Crippen LogP) is 2.44. The van der Waals surface area contributed by atoms with Crippen LogP contribution in [0.1, 0.15) is 36.7 Å². The van der Waals surface area contributed by atoms with E-state index in [0.29, 0.717) is 17.9 Å². The molecule has 5 nitrogen and oxygen atoms in total. The monoisotopic (exact) mass is 263 g/mol. The molecule has 0 aliphatic heterocycles. The largest absolute Gasteiger partial charge is 0.444 e. The van der Waals surface area contributed by atoms with Crippen molar-refractivity contribution in [3.05, 3.63) is 16.9 Å². The van der Waals surface area contributed by atoms with Crippen molar-refractivity contribution in [3.63, 3.8) is 0 Å². The summed E-state index contributed by atoms with van der Waals surface area (Å²) in [6, 6.07) is 2.06. The van der Waals surface area contributed by atoms with Gasteiger partial charge in [0.2, 0.25) is 11.8 Å². The second-order valence-corrected chi connectivity index (χ2v) is 4.74. The fraction of sp³-hybridized carbons (Fsp3) is 0.571. The number of rotatable bonds is 6. The first-order chi connectivity index (χ1) is 8.99. The van der Waals surface area contributed by atoms with Crippen LogP contribution in [0, 0.1) is 25.2 Å². The normalized spacial score (nSPS) is 10.5. The standard InChI is InChI=1S/C14H21N3O2/c1-5-6-7-17(4)9-13(18)16-14-12(8-15)10(2)11(3)19-14/h5-7,9H2,1-4H3,(H,16,18). The summed E-state index contributed by atoms with van der Waals surface area (Å²) in [5, 5.41) is 11.7. The van der Waals surface area contributed by atoms with E-state index in [-0.39, 0.29) is 11.8 Å². The number of anilines is 1. The molecule has 1 amide bonds. The minimum atomic E-state index is -0.163. The molecule has 0 spiro atoms. The number of hydrogen-bond acceptors (Lipinski definition) is 4. The highest BCUT2D eigenvalue weighted by Crippen LogP contribution is 2.25. The van der Waals surface area contributed by atoms with Crippen LogP contribution in [0.3, 0.4) is 0 Å². The number of furan rings is 1. The van der Waals surface area contributed by atoms with E-state index in [0.717, 1.165) is 24.9 Å². The number of aryl methyl sites for hydroxylation is 1. The summed E-state index contributed by atoms with van der Waals surface area (Å²) in [5.41, 5.74) is 1.18. The van der Waals surface area contributed by atoms with E-state index in [4.69, 9.17) is 9.68 Å². The average molecular weight is 263 g/mol. The molecule has 1 aromatic heterocycles. The zero-order valence-electron chi connectivity index (χ0n) is 12.0. The number of carbonyl (C=O) groups is 1. The molecule has 0 aliphatic carbocycles. The number of amides is 1. The summed E-state index contributed by atoms with van der Waals surface area (Å²) in [4.78, 5) is 13.8. The number of nitrogens with one attached hydrogen (secondary N) is 1. The minimum absolute atomic E-state index is 0.163. The first-order valence-corrected chi connectivity index (χ1v) is 6.48. The van der Waals surface area contributed by atoms with Gasteiger partial charge in [0.25, 0.3) is 0 Å². The summed E-state index contributed by atoms with van der Waals surface area (Å²) in [5.74, 6) is 0.751. The van der Waals surface area contributed by atoms with E-state index in [1.54, 1.807) is 13.8 Å². The maximum Gasteiger partial charge on any atom is 0.240 e. The van der Waals surface area contributed by atoms with Crippen molar-refractivity contribution in [2.75, 3.05) is 25.5 Å². The molecule has 104 valence electrons. The smallest absolute Gasteiger partial charge is 0.240 e. The summed E-state index contributed by atoms with van der Waals surface area (Å²) >= 11 is 0. The molecule has 0 saturated heterocycles. The molecule has 19 heavy (non-hydrogen) atoms. The molecule has 0 unspecified atom stereocenters. The van der Waals surface area contributed by atoms with Crippen molar-refractivity contribution in [1.29, 1.82) is 5.26 Å². The van der Waals surface area contributed by atoms with Gasteiger partial charge in [-0.25, -0.2) is 0 Å². The average Bonchev–Trinajstić information content (AvgIpc) is 2.61. The third-order valence-corrected chi connectivity index (χ3v) is 3.06. The molecule has 0 aliphatic rings. The van der Waals surface area contributed by atoms with Crippen LogP contribution < -0.4 is 5.32 Å². The fourth-order valence-corrected chi connectivity index (χ4v) is 1.77. The Kier molecular flexibility index (Phi) is 5.58. The highest BCUT2D eigenvalue weighted by molar-refractivity contribution is 5.92. The Morgan fingerprint density at radius 3 is 2.74 bits per heavy atom. The zero-order chi connectivity index (χ0) is 14.4. The predicted molar refractivity (Wildman–Crippen MR) is 73.9 cm³/mol. The Morgan fingerprint density at radius 1 is 1.47 bits per heavy atom. The summed E-state index contributed by atoms with van der Waals surface area (Å²) in [7, 11) is 1.90. The SMILES string of the molecule is CCCCN(C)CC(=O)Nc1oc(C)c(C)c1C#N. The molecule has 0 atom stereocenters. The van der Waals surface area contributed by atoms with Gasteiger partial charge >= 0.3 is 0 Å². The second-order valence-electron chi connectivity index (χ2n) is 4.74. The van der Waals surface area contributed by atoms with Gasteiger partial charge in [-0.15, -0.1) is 0 Å². The van der Waals surface area contributed by atoms with Crippen LogP contribution >= 0.6 is 0 Å². The lowest BCUT2D eigenvalue weighted by Gasteiger charge is -2.14. The van der Waals surface area contributed by atoms with Crippen LogP contribution in [-0.4, -0.2) is 30.9 Å². The number of hydrogen-bond donors (Lipinski definition) is 1. The molecule has 1 N–H and O–H groups in total. The number of nitrogens with zero attached hydrogens (tertiary/aromatic N) is 2. The fourth-order valence-electron chi connectivity index (χ4n) is 1.77. The number of carbonyl (C=O) groups excluding carboxylic acids is 1. The van der Waals surface area contributed by atoms with Gasteiger partial charge in [0.05, 0.1) is 6.54 Å². The van der Waals surface area contributed by atoms with E-state index >= 15 is 0 Å². The van der Waals surface area contributed by atoms with E-state index < -0.39 is 0 Å². The second kappa shape index (κ2) is 6.95. The van der Waals surface area contributed by atoms with Gasteiger partial charge in [0.1, 0.15) is 17.4 Å². The van der Waals surface area contributed by atoms with Crippen molar-refractivity contribution in [3.8, 4) is 6.07 Å². The number of unbranched alkanes of at least 4 members (excludes halogenated alkanes) is 1. The lowest BCUT2D eigenvalue weighted by atomic mass is 10.2. The van der Waals surface area contributed by atoms with Gasteiger partial charge < -0.3 is 4.42 Å². The summed E-state index contributed by atoms with van der Waals surface area (Å²) < 4.78 is 5.40. The first kappa shape index (κ1) is 15.3. The Bertz CT molecular complexity index is 486. The first-order valence-electron chi connectivity index (χ1n) is 6.48. The van der Waals surface area contributed by atoms with Gasteiger partial charge in [-0.05, 0) is 33.9 Å². The van der Waals surface area contributed by atoms with Crippen LogP contribution in [0.4, 0.5) is 5.88 Å². The van der Waals surface area contributed by atoms with E-state index in [1.165, 1.54) is 0 Å². The molecule has 1 heterocycles. The molecule has 0 fully saturated rings. The van der Waals surface area contributed by atoms with Gasteiger partial charge in [-0.2, -0.15) is 5.26 Å². The van der Waals surface area contributed by atoms with Crippen LogP contribution in [-0.2, 0) is 4.79 Å². The third kappa shape index (κ3) is 4.11. The minimum Gasteiger partial charge on any atom is -0.444 e. The molecule has 0 radical (unpaired) electrons. The molecule has 1 rings (SSSR count). The summed E-state index contributed by atoms with van der Waals surface area (Å²) in [6.45, 7) is 6.87. The Morgan fingerprint density at radius 2 is 2.16 bits per heavy atom.